The van der Waals surface area contributed by atoms with Gasteiger partial charge in [-0.1, -0.05) is 30.3 Å². The summed E-state index contributed by atoms with van der Waals surface area (Å²) in [5.74, 6) is 0. The lowest BCUT2D eigenvalue weighted by molar-refractivity contribution is 0.0188. The van der Waals surface area contributed by atoms with Gasteiger partial charge in [-0.3, -0.25) is 0 Å². The number of morpholine rings is 1. The van der Waals surface area contributed by atoms with E-state index in [9.17, 15) is 0 Å². The van der Waals surface area contributed by atoms with E-state index in [-0.39, 0.29) is 0 Å². The molecule has 0 aromatic heterocycles. The molecule has 100 valence electrons. The van der Waals surface area contributed by atoms with Crippen molar-refractivity contribution < 1.29 is 4.74 Å². The van der Waals surface area contributed by atoms with E-state index >= 15 is 0 Å². The fourth-order valence-electron chi connectivity index (χ4n) is 2.25. The zero-order chi connectivity index (χ0) is 12.6. The average Bonchev–Trinajstić information content (AvgIpc) is 2.45. The highest BCUT2D eigenvalue weighted by molar-refractivity contribution is 5.14. The van der Waals surface area contributed by atoms with Gasteiger partial charge in [0, 0.05) is 26.2 Å². The zero-order valence-electron chi connectivity index (χ0n) is 11.3. The predicted octanol–water partition coefficient (Wildman–Crippen LogP) is 1.54. The summed E-state index contributed by atoms with van der Waals surface area (Å²) in [7, 11) is 2.19. The smallest absolute Gasteiger partial charge is 0.0712 e. The minimum Gasteiger partial charge on any atom is -0.376 e. The van der Waals surface area contributed by atoms with Crippen LogP contribution in [0.4, 0.5) is 0 Å². The van der Waals surface area contributed by atoms with Gasteiger partial charge in [0.15, 0.2) is 0 Å². The quantitative estimate of drug-likeness (QED) is 0.826. The third kappa shape index (κ3) is 4.77. The average molecular weight is 248 g/mol. The number of nitrogens with one attached hydrogen (secondary N) is 1. The second-order valence-corrected chi connectivity index (χ2v) is 5.02. The lowest BCUT2D eigenvalue weighted by Gasteiger charge is -2.25. The van der Waals surface area contributed by atoms with Gasteiger partial charge in [-0.05, 0) is 25.5 Å². The third-order valence-corrected chi connectivity index (χ3v) is 3.46. The van der Waals surface area contributed by atoms with E-state index in [0.29, 0.717) is 6.10 Å². The Morgan fingerprint density at radius 3 is 2.83 bits per heavy atom. The number of likely N-dealkylation sites (N-methyl/N-ethyl adjacent to an activating group) is 1. The molecule has 1 fully saturated rings. The van der Waals surface area contributed by atoms with Crippen molar-refractivity contribution in [1.82, 2.24) is 10.2 Å². The third-order valence-electron chi connectivity index (χ3n) is 3.46. The molecule has 0 aliphatic carbocycles. The summed E-state index contributed by atoms with van der Waals surface area (Å²) in [6, 6.07) is 10.7. The maximum atomic E-state index is 5.70. The zero-order valence-corrected chi connectivity index (χ0v) is 11.3. The summed E-state index contributed by atoms with van der Waals surface area (Å²) in [4.78, 5) is 2.39. The van der Waals surface area contributed by atoms with Gasteiger partial charge in [0.2, 0.25) is 0 Å². The van der Waals surface area contributed by atoms with Crippen molar-refractivity contribution in [2.45, 2.75) is 18.9 Å². The Bertz CT molecular complexity index is 323. The molecule has 2 rings (SSSR count). The molecule has 0 amide bonds. The Balaban J connectivity index is 1.61. The van der Waals surface area contributed by atoms with Gasteiger partial charge in [0.1, 0.15) is 0 Å². The predicted molar refractivity (Wildman–Crippen MR) is 74.9 cm³/mol. The lowest BCUT2D eigenvalue weighted by atomic mass is 10.1. The topological polar surface area (TPSA) is 24.5 Å². The van der Waals surface area contributed by atoms with Crippen molar-refractivity contribution in [3.8, 4) is 0 Å². The van der Waals surface area contributed by atoms with Crippen molar-refractivity contribution in [2.75, 3.05) is 39.8 Å². The molecular weight excluding hydrogens is 224 g/mol. The molecule has 1 atom stereocenters. The van der Waals surface area contributed by atoms with Gasteiger partial charge in [0.25, 0.3) is 0 Å². The van der Waals surface area contributed by atoms with Crippen molar-refractivity contribution in [3.05, 3.63) is 35.9 Å². The van der Waals surface area contributed by atoms with Gasteiger partial charge < -0.3 is 15.0 Å². The van der Waals surface area contributed by atoms with Crippen LogP contribution in [0, 0.1) is 0 Å². The second kappa shape index (κ2) is 7.52. The van der Waals surface area contributed by atoms with Crippen LogP contribution < -0.4 is 5.32 Å². The van der Waals surface area contributed by atoms with Crippen LogP contribution >= 0.6 is 0 Å². The monoisotopic (exact) mass is 248 g/mol. The first-order valence-corrected chi connectivity index (χ1v) is 6.89. The van der Waals surface area contributed by atoms with E-state index in [0.717, 1.165) is 45.6 Å². The van der Waals surface area contributed by atoms with E-state index in [1.165, 1.54) is 5.56 Å². The molecule has 18 heavy (non-hydrogen) atoms. The molecule has 1 aromatic carbocycles. The van der Waals surface area contributed by atoms with Crippen LogP contribution in [0.2, 0.25) is 0 Å². The standard InChI is InChI=1S/C15H24N2O/c1-17(10-7-14-5-3-2-4-6-14)11-8-15-13-16-9-12-18-15/h2-6,15-16H,7-13H2,1H3. The van der Waals surface area contributed by atoms with E-state index in [4.69, 9.17) is 4.74 Å². The SMILES string of the molecule is CN(CCc1ccccc1)CCC1CNCCO1. The molecule has 1 saturated heterocycles. The van der Waals surface area contributed by atoms with Gasteiger partial charge in [-0.25, -0.2) is 0 Å². The number of ether oxygens (including phenoxy) is 1. The largest absolute Gasteiger partial charge is 0.376 e. The van der Waals surface area contributed by atoms with Gasteiger partial charge in [0.05, 0.1) is 12.7 Å². The first-order valence-electron chi connectivity index (χ1n) is 6.89. The summed E-state index contributed by atoms with van der Waals surface area (Å²) >= 11 is 0. The molecule has 3 nitrogen and oxygen atoms in total. The van der Waals surface area contributed by atoms with E-state index < -0.39 is 0 Å². The molecule has 1 heterocycles. The molecule has 0 radical (unpaired) electrons. The van der Waals surface area contributed by atoms with E-state index in [1.54, 1.807) is 0 Å². The normalized spacial score (nSPS) is 20.2. The Hall–Kier alpha value is -0.900. The summed E-state index contributed by atoms with van der Waals surface area (Å²) in [5.41, 5.74) is 1.42. The highest BCUT2D eigenvalue weighted by Crippen LogP contribution is 2.04. The van der Waals surface area contributed by atoms with Crippen LogP contribution in [0.5, 0.6) is 0 Å². The fraction of sp³-hybridized carbons (Fsp3) is 0.600. The van der Waals surface area contributed by atoms with Crippen LogP contribution in [0.15, 0.2) is 30.3 Å². The first kappa shape index (κ1) is 13.5. The minimum absolute atomic E-state index is 0.401. The van der Waals surface area contributed by atoms with Crippen LogP contribution in [0.25, 0.3) is 0 Å². The Kier molecular flexibility index (Phi) is 5.65. The molecule has 0 spiro atoms. The van der Waals surface area contributed by atoms with Crippen LogP contribution in [0.1, 0.15) is 12.0 Å². The maximum Gasteiger partial charge on any atom is 0.0712 e. The van der Waals surface area contributed by atoms with Crippen molar-refractivity contribution >= 4 is 0 Å². The molecule has 0 saturated carbocycles. The van der Waals surface area contributed by atoms with Crippen LogP contribution in [0.3, 0.4) is 0 Å². The Labute approximate surface area is 110 Å². The molecule has 1 aromatic rings. The first-order chi connectivity index (χ1) is 8.84. The second-order valence-electron chi connectivity index (χ2n) is 5.02. The van der Waals surface area contributed by atoms with Gasteiger partial charge >= 0.3 is 0 Å². The fourth-order valence-corrected chi connectivity index (χ4v) is 2.25. The highest BCUT2D eigenvalue weighted by Gasteiger charge is 2.13. The van der Waals surface area contributed by atoms with Crippen molar-refractivity contribution in [3.63, 3.8) is 0 Å². The summed E-state index contributed by atoms with van der Waals surface area (Å²) < 4.78 is 5.70. The number of hydrogen-bond acceptors (Lipinski definition) is 3. The molecule has 1 aliphatic heterocycles. The minimum atomic E-state index is 0.401. The number of rotatable bonds is 6. The highest BCUT2D eigenvalue weighted by atomic mass is 16.5. The van der Waals surface area contributed by atoms with Crippen molar-refractivity contribution in [1.29, 1.82) is 0 Å². The van der Waals surface area contributed by atoms with Crippen molar-refractivity contribution in [2.24, 2.45) is 0 Å². The van der Waals surface area contributed by atoms with Crippen LogP contribution in [-0.4, -0.2) is 50.8 Å². The van der Waals surface area contributed by atoms with Gasteiger partial charge in [-0.2, -0.15) is 0 Å². The molecular formula is C15H24N2O. The van der Waals surface area contributed by atoms with Gasteiger partial charge in [-0.15, -0.1) is 0 Å². The summed E-state index contributed by atoms with van der Waals surface area (Å²) in [6.07, 6.45) is 2.65. The van der Waals surface area contributed by atoms with E-state index in [1.807, 2.05) is 0 Å². The molecule has 1 N–H and O–H groups in total. The molecule has 1 unspecified atom stereocenters. The lowest BCUT2D eigenvalue weighted by Crippen LogP contribution is -2.40. The maximum absolute atomic E-state index is 5.70. The molecule has 3 heteroatoms. The van der Waals surface area contributed by atoms with E-state index in [2.05, 4.69) is 47.6 Å². The summed E-state index contributed by atoms with van der Waals surface area (Å²) in [6.45, 7) is 5.09. The Morgan fingerprint density at radius 2 is 2.11 bits per heavy atom. The summed E-state index contributed by atoms with van der Waals surface area (Å²) in [5, 5.41) is 3.37. The Morgan fingerprint density at radius 1 is 1.28 bits per heavy atom. The number of benzene rings is 1. The number of hydrogen-bond donors (Lipinski definition) is 1. The number of nitrogens with zero attached hydrogens (tertiary/aromatic N) is 1. The molecule has 0 bridgehead atoms. The van der Waals surface area contributed by atoms with Crippen LogP contribution in [-0.2, 0) is 11.2 Å². The molecule has 1 aliphatic rings.